The van der Waals surface area contributed by atoms with Crippen LogP contribution in [0.2, 0.25) is 0 Å². The monoisotopic (exact) mass is 266 g/mol. The van der Waals surface area contributed by atoms with Crippen molar-refractivity contribution in [1.29, 1.82) is 0 Å². The van der Waals surface area contributed by atoms with Gasteiger partial charge in [0.05, 0.1) is 0 Å². The van der Waals surface area contributed by atoms with Crippen molar-refractivity contribution in [3.8, 4) is 0 Å². The average Bonchev–Trinajstić information content (AvgIpc) is 2.73. The number of carbonyl (C=O) groups excluding carboxylic acids is 1. The van der Waals surface area contributed by atoms with E-state index < -0.39 is 0 Å². The van der Waals surface area contributed by atoms with Crippen LogP contribution >= 0.6 is 0 Å². The molecule has 0 aliphatic rings. The van der Waals surface area contributed by atoms with E-state index in [4.69, 9.17) is 5.73 Å². The molecule has 0 radical (unpaired) electrons. The lowest BCUT2D eigenvalue weighted by Gasteiger charge is -2.24. The lowest BCUT2D eigenvalue weighted by Crippen LogP contribution is -2.36. The Hall–Kier alpha value is -1.52. The fraction of sp³-hybridized carbons (Fsp3) is 0.714. The number of unbranched alkanes of at least 4 members (excludes halogenated alkanes) is 2. The summed E-state index contributed by atoms with van der Waals surface area (Å²) in [7, 11) is 0. The number of anilines is 1. The molecular weight excluding hydrogens is 240 g/mol. The minimum Gasteiger partial charge on any atom is -0.382 e. The molecule has 0 saturated carbocycles. The van der Waals surface area contributed by atoms with E-state index in [0.717, 1.165) is 6.42 Å². The van der Waals surface area contributed by atoms with E-state index in [1.54, 1.807) is 16.9 Å². The Bertz CT molecular complexity index is 398. The molecule has 5 nitrogen and oxygen atoms in total. The Labute approximate surface area is 115 Å². The largest absolute Gasteiger partial charge is 0.382 e. The number of nitrogen functional groups attached to an aromatic ring is 1. The smallest absolute Gasteiger partial charge is 0.241 e. The summed E-state index contributed by atoms with van der Waals surface area (Å²) in [5, 5.41) is 6.96. The zero-order valence-electron chi connectivity index (χ0n) is 12.3. The van der Waals surface area contributed by atoms with Crippen LogP contribution in [0.4, 0.5) is 5.82 Å². The number of nitrogens with zero attached hydrogens (tertiary/aromatic N) is 2. The van der Waals surface area contributed by atoms with E-state index in [1.807, 2.05) is 0 Å². The Balaban J connectivity index is 2.28. The number of nitrogens with two attached hydrogens (primary N) is 1. The van der Waals surface area contributed by atoms with Crippen molar-refractivity contribution in [2.45, 2.75) is 53.0 Å². The first-order valence-electron chi connectivity index (χ1n) is 6.98. The maximum Gasteiger partial charge on any atom is 0.241 e. The lowest BCUT2D eigenvalue weighted by atomic mass is 9.87. The Morgan fingerprint density at radius 2 is 2.21 bits per heavy atom. The van der Waals surface area contributed by atoms with Gasteiger partial charge in [-0.1, -0.05) is 40.0 Å². The molecule has 108 valence electrons. The number of carbonyl (C=O) groups is 1. The quantitative estimate of drug-likeness (QED) is 0.708. The predicted molar refractivity (Wildman–Crippen MR) is 77.6 cm³/mol. The molecule has 0 aromatic carbocycles. The van der Waals surface area contributed by atoms with Gasteiger partial charge >= 0.3 is 0 Å². The van der Waals surface area contributed by atoms with Gasteiger partial charge in [0.15, 0.2) is 0 Å². The molecule has 0 fully saturated rings. The predicted octanol–water partition coefficient (Wildman–Crippen LogP) is 2.19. The van der Waals surface area contributed by atoms with Crippen LogP contribution in [0.15, 0.2) is 12.3 Å². The van der Waals surface area contributed by atoms with E-state index in [9.17, 15) is 4.79 Å². The molecule has 3 N–H and O–H groups in total. The summed E-state index contributed by atoms with van der Waals surface area (Å²) in [4.78, 5) is 11.8. The van der Waals surface area contributed by atoms with Gasteiger partial charge in [-0.15, -0.1) is 0 Å². The average molecular weight is 266 g/mol. The van der Waals surface area contributed by atoms with Crippen molar-refractivity contribution >= 4 is 11.7 Å². The minimum atomic E-state index is -0.0216. The molecule has 0 saturated heterocycles. The molecule has 0 aliphatic heterocycles. The maximum absolute atomic E-state index is 11.8. The Morgan fingerprint density at radius 3 is 2.79 bits per heavy atom. The molecule has 0 atom stereocenters. The third kappa shape index (κ3) is 6.27. The zero-order chi connectivity index (χ0) is 14.3. The van der Waals surface area contributed by atoms with Crippen molar-refractivity contribution in [1.82, 2.24) is 15.1 Å². The molecule has 1 amide bonds. The van der Waals surface area contributed by atoms with Crippen LogP contribution in [0.3, 0.4) is 0 Å². The highest BCUT2D eigenvalue weighted by Crippen LogP contribution is 2.22. The van der Waals surface area contributed by atoms with Gasteiger partial charge in [-0.25, -0.2) is 0 Å². The number of aromatic nitrogens is 2. The molecule has 1 aromatic heterocycles. The van der Waals surface area contributed by atoms with Crippen LogP contribution in [-0.2, 0) is 11.3 Å². The first kappa shape index (κ1) is 15.5. The highest BCUT2D eigenvalue weighted by molar-refractivity contribution is 5.75. The summed E-state index contributed by atoms with van der Waals surface area (Å²) in [5.74, 6) is 0.416. The van der Waals surface area contributed by atoms with Crippen LogP contribution in [0, 0.1) is 5.41 Å². The molecule has 19 heavy (non-hydrogen) atoms. The SMILES string of the molecule is CCCCCC(C)(C)CNC(=O)Cn1ccc(N)n1. The van der Waals surface area contributed by atoms with E-state index in [-0.39, 0.29) is 17.9 Å². The normalized spacial score (nSPS) is 11.5. The Morgan fingerprint density at radius 1 is 1.47 bits per heavy atom. The molecule has 0 unspecified atom stereocenters. The van der Waals surface area contributed by atoms with E-state index in [1.165, 1.54) is 19.3 Å². The van der Waals surface area contributed by atoms with Crippen molar-refractivity contribution in [2.24, 2.45) is 5.41 Å². The fourth-order valence-corrected chi connectivity index (χ4v) is 1.95. The molecule has 0 aliphatic carbocycles. The number of rotatable bonds is 8. The molecular formula is C14H26N4O. The molecule has 5 heteroatoms. The van der Waals surface area contributed by atoms with Crippen molar-refractivity contribution < 1.29 is 4.79 Å². The highest BCUT2D eigenvalue weighted by Gasteiger charge is 2.18. The van der Waals surface area contributed by atoms with Gasteiger partial charge in [0.2, 0.25) is 5.91 Å². The van der Waals surface area contributed by atoms with Gasteiger partial charge in [0.1, 0.15) is 12.4 Å². The van der Waals surface area contributed by atoms with Crippen molar-refractivity contribution in [3.63, 3.8) is 0 Å². The number of nitrogens with one attached hydrogen (secondary N) is 1. The van der Waals surface area contributed by atoms with E-state index in [0.29, 0.717) is 12.4 Å². The van der Waals surface area contributed by atoms with Crippen LogP contribution in [0.1, 0.15) is 46.5 Å². The van der Waals surface area contributed by atoms with Crippen molar-refractivity contribution in [2.75, 3.05) is 12.3 Å². The van der Waals surface area contributed by atoms with E-state index in [2.05, 4.69) is 31.2 Å². The zero-order valence-corrected chi connectivity index (χ0v) is 12.3. The highest BCUT2D eigenvalue weighted by atomic mass is 16.2. The Kier molecular flexibility index (Phi) is 5.86. The summed E-state index contributed by atoms with van der Waals surface area (Å²) in [6, 6.07) is 1.68. The van der Waals surface area contributed by atoms with Gasteiger partial charge in [0, 0.05) is 12.7 Å². The first-order chi connectivity index (χ1) is 8.93. The third-order valence-electron chi connectivity index (χ3n) is 3.19. The molecule has 0 bridgehead atoms. The summed E-state index contributed by atoms with van der Waals surface area (Å²) in [6.07, 6.45) is 6.54. The topological polar surface area (TPSA) is 72.9 Å². The second kappa shape index (κ2) is 7.16. The summed E-state index contributed by atoms with van der Waals surface area (Å²) < 4.78 is 1.55. The van der Waals surface area contributed by atoms with Gasteiger partial charge in [-0.3, -0.25) is 9.48 Å². The van der Waals surface area contributed by atoms with E-state index >= 15 is 0 Å². The minimum absolute atomic E-state index is 0.0216. The van der Waals surface area contributed by atoms with Gasteiger partial charge < -0.3 is 11.1 Å². The maximum atomic E-state index is 11.8. The van der Waals surface area contributed by atoms with Crippen LogP contribution in [0.25, 0.3) is 0 Å². The van der Waals surface area contributed by atoms with Crippen molar-refractivity contribution in [3.05, 3.63) is 12.3 Å². The first-order valence-corrected chi connectivity index (χ1v) is 6.98. The standard InChI is InChI=1S/C14H26N4O/c1-4-5-6-8-14(2,3)11-16-13(19)10-18-9-7-12(15)17-18/h7,9H,4-6,8,10-11H2,1-3H3,(H2,15,17)(H,16,19). The number of hydrogen-bond donors (Lipinski definition) is 2. The van der Waals surface area contributed by atoms with Gasteiger partial charge in [-0.2, -0.15) is 5.10 Å². The summed E-state index contributed by atoms with van der Waals surface area (Å²) in [6.45, 7) is 7.50. The molecule has 0 spiro atoms. The summed E-state index contributed by atoms with van der Waals surface area (Å²) >= 11 is 0. The summed E-state index contributed by atoms with van der Waals surface area (Å²) in [5.41, 5.74) is 5.65. The molecule has 1 aromatic rings. The van der Waals surface area contributed by atoms with Crippen LogP contribution < -0.4 is 11.1 Å². The van der Waals surface area contributed by atoms with Gasteiger partial charge in [-0.05, 0) is 17.9 Å². The number of amides is 1. The fourth-order valence-electron chi connectivity index (χ4n) is 1.95. The molecule has 1 heterocycles. The third-order valence-corrected chi connectivity index (χ3v) is 3.19. The lowest BCUT2D eigenvalue weighted by molar-refractivity contribution is -0.122. The second-order valence-corrected chi connectivity index (χ2v) is 5.84. The number of hydrogen-bond acceptors (Lipinski definition) is 3. The van der Waals surface area contributed by atoms with Crippen LogP contribution in [-0.4, -0.2) is 22.2 Å². The second-order valence-electron chi connectivity index (χ2n) is 5.84. The van der Waals surface area contributed by atoms with Gasteiger partial charge in [0.25, 0.3) is 0 Å². The van der Waals surface area contributed by atoms with Crippen LogP contribution in [0.5, 0.6) is 0 Å². The molecule has 1 rings (SSSR count).